The number of likely N-dealkylation sites (tertiary alicyclic amines) is 1. The molecule has 0 unspecified atom stereocenters. The van der Waals surface area contributed by atoms with E-state index in [9.17, 15) is 4.79 Å². The number of nitrogens with zero attached hydrogens (tertiary/aromatic N) is 1. The number of nitrogens with one attached hydrogen (secondary N) is 1. The summed E-state index contributed by atoms with van der Waals surface area (Å²) in [6.45, 7) is 7.58. The summed E-state index contributed by atoms with van der Waals surface area (Å²) in [7, 11) is 0. The van der Waals surface area contributed by atoms with E-state index in [1.54, 1.807) is 17.7 Å². The zero-order valence-electron chi connectivity index (χ0n) is 19.2. The summed E-state index contributed by atoms with van der Waals surface area (Å²) >= 11 is 0. The molecule has 3 fully saturated rings. The van der Waals surface area contributed by atoms with Crippen molar-refractivity contribution in [3.63, 3.8) is 0 Å². The van der Waals surface area contributed by atoms with Crippen LogP contribution in [0.3, 0.4) is 0 Å². The van der Waals surface area contributed by atoms with Gasteiger partial charge in [-0.15, -0.1) is 0 Å². The Bertz CT molecular complexity index is 1010. The molecule has 0 aromatic heterocycles. The Labute approximate surface area is 191 Å². The van der Waals surface area contributed by atoms with Gasteiger partial charge in [0.05, 0.1) is 5.56 Å². The average molecular weight is 431 g/mol. The van der Waals surface area contributed by atoms with Crippen LogP contribution in [0.1, 0.15) is 59.7 Å². The molecule has 4 nitrogen and oxygen atoms in total. The predicted octanol–water partition coefficient (Wildman–Crippen LogP) is 5.13. The molecule has 5 rings (SSSR count). The lowest BCUT2D eigenvalue weighted by Gasteiger charge is -2.59. The van der Waals surface area contributed by atoms with E-state index in [0.717, 1.165) is 18.5 Å². The van der Waals surface area contributed by atoms with Crippen LogP contribution >= 0.6 is 0 Å². The number of hydrogen-bond donors (Lipinski definition) is 2. The third-order valence-corrected chi connectivity index (χ3v) is 7.74. The fourth-order valence-electron chi connectivity index (χ4n) is 5.95. The lowest BCUT2D eigenvalue weighted by molar-refractivity contribution is -0.0834. The quantitative estimate of drug-likeness (QED) is 0.610. The Morgan fingerprint density at radius 2 is 1.94 bits per heavy atom. The topological polar surface area (TPSA) is 52.6 Å². The van der Waals surface area contributed by atoms with Crippen LogP contribution < -0.4 is 5.32 Å². The summed E-state index contributed by atoms with van der Waals surface area (Å²) < 4.78 is 0. The SMILES string of the molecule is CC/C(=C\c1ccccc1)[C@@H]1C[C@H]1NC1CC2(C1)CN(Cc1ccc(C(=O)O)cc1C)C2. The van der Waals surface area contributed by atoms with E-state index in [-0.39, 0.29) is 0 Å². The molecule has 2 aromatic rings. The van der Waals surface area contributed by atoms with Gasteiger partial charge in [-0.2, -0.15) is 0 Å². The molecular weight excluding hydrogens is 396 g/mol. The van der Waals surface area contributed by atoms with E-state index >= 15 is 0 Å². The summed E-state index contributed by atoms with van der Waals surface area (Å²) in [5, 5.41) is 13.1. The van der Waals surface area contributed by atoms with Gasteiger partial charge in [0.25, 0.3) is 0 Å². The van der Waals surface area contributed by atoms with Crippen LogP contribution in [0.4, 0.5) is 0 Å². The van der Waals surface area contributed by atoms with Crippen molar-refractivity contribution >= 4 is 12.0 Å². The molecule has 2 atom stereocenters. The van der Waals surface area contributed by atoms with Crippen molar-refractivity contribution < 1.29 is 9.90 Å². The summed E-state index contributed by atoms with van der Waals surface area (Å²) in [6, 6.07) is 17.5. The van der Waals surface area contributed by atoms with Crippen molar-refractivity contribution in [1.29, 1.82) is 0 Å². The van der Waals surface area contributed by atoms with Crippen LogP contribution in [0.15, 0.2) is 54.1 Å². The number of aryl methyl sites for hydroxylation is 1. The minimum Gasteiger partial charge on any atom is -0.478 e. The van der Waals surface area contributed by atoms with Crippen LogP contribution in [0, 0.1) is 18.3 Å². The second kappa shape index (κ2) is 8.49. The third-order valence-electron chi connectivity index (χ3n) is 7.74. The first-order valence-corrected chi connectivity index (χ1v) is 12.0. The molecule has 2 aromatic carbocycles. The Kier molecular flexibility index (Phi) is 5.68. The third kappa shape index (κ3) is 4.39. The monoisotopic (exact) mass is 430 g/mol. The minimum atomic E-state index is -0.852. The molecule has 3 aliphatic rings. The van der Waals surface area contributed by atoms with E-state index < -0.39 is 5.97 Å². The Morgan fingerprint density at radius 1 is 1.19 bits per heavy atom. The van der Waals surface area contributed by atoms with Crippen LogP contribution in [0.25, 0.3) is 6.08 Å². The molecule has 2 N–H and O–H groups in total. The molecule has 168 valence electrons. The first-order chi connectivity index (χ1) is 15.4. The van der Waals surface area contributed by atoms with Gasteiger partial charge >= 0.3 is 5.97 Å². The van der Waals surface area contributed by atoms with E-state index in [0.29, 0.717) is 29.0 Å². The number of carbonyl (C=O) groups is 1. The fraction of sp³-hybridized carbons (Fsp3) is 0.464. The first kappa shape index (κ1) is 21.4. The molecule has 1 heterocycles. The highest BCUT2D eigenvalue weighted by atomic mass is 16.4. The highest BCUT2D eigenvalue weighted by Gasteiger charge is 2.53. The molecule has 0 amide bonds. The molecule has 4 heteroatoms. The maximum absolute atomic E-state index is 11.1. The van der Waals surface area contributed by atoms with Crippen molar-refractivity contribution in [3.8, 4) is 0 Å². The van der Waals surface area contributed by atoms with Crippen LogP contribution in [-0.4, -0.2) is 41.1 Å². The van der Waals surface area contributed by atoms with Gasteiger partial charge in [0.1, 0.15) is 0 Å². The minimum absolute atomic E-state index is 0.377. The lowest BCUT2D eigenvalue weighted by Crippen LogP contribution is -2.65. The average Bonchev–Trinajstić information content (AvgIpc) is 3.49. The molecule has 2 saturated carbocycles. The molecular formula is C28H34N2O2. The maximum atomic E-state index is 11.1. The second-order valence-corrected chi connectivity index (χ2v) is 10.3. The van der Waals surface area contributed by atoms with E-state index in [1.807, 2.05) is 13.0 Å². The molecule has 32 heavy (non-hydrogen) atoms. The van der Waals surface area contributed by atoms with Gasteiger partial charge in [0.15, 0.2) is 0 Å². The number of benzene rings is 2. The van der Waals surface area contributed by atoms with Crippen molar-refractivity contribution in [1.82, 2.24) is 10.2 Å². The summed E-state index contributed by atoms with van der Waals surface area (Å²) in [6.07, 6.45) is 7.41. The number of rotatable bonds is 8. The molecule has 0 bridgehead atoms. The predicted molar refractivity (Wildman–Crippen MR) is 129 cm³/mol. The standard InChI is InChI=1S/C28H34N2O2/c1-3-21(12-20-7-5-4-6-8-20)25-13-26(25)29-24-14-28(15-24)17-30(18-28)16-23-10-9-22(27(31)32)11-19(23)2/h4-12,24-26,29H,3,13-18H2,1-2H3,(H,31,32)/b21-12+/t25-,26+/m0/s1. The van der Waals surface area contributed by atoms with Crippen LogP contribution in [0.2, 0.25) is 0 Å². The van der Waals surface area contributed by atoms with Gasteiger partial charge in [-0.05, 0) is 72.8 Å². The fourth-order valence-corrected chi connectivity index (χ4v) is 5.95. The highest BCUT2D eigenvalue weighted by Crippen LogP contribution is 2.50. The molecule has 1 aliphatic heterocycles. The summed E-state index contributed by atoms with van der Waals surface area (Å²) in [4.78, 5) is 13.6. The van der Waals surface area contributed by atoms with Crippen LogP contribution in [-0.2, 0) is 6.54 Å². The number of aromatic carboxylic acids is 1. The zero-order valence-corrected chi connectivity index (χ0v) is 19.2. The lowest BCUT2D eigenvalue weighted by atomic mass is 9.60. The molecule has 1 spiro atoms. The van der Waals surface area contributed by atoms with Gasteiger partial charge in [-0.25, -0.2) is 4.79 Å². The zero-order chi connectivity index (χ0) is 22.3. The second-order valence-electron chi connectivity index (χ2n) is 10.3. The van der Waals surface area contributed by atoms with Gasteiger partial charge in [-0.1, -0.05) is 55.0 Å². The van der Waals surface area contributed by atoms with Crippen molar-refractivity contribution in [2.75, 3.05) is 13.1 Å². The smallest absolute Gasteiger partial charge is 0.335 e. The number of carboxylic acids is 1. The first-order valence-electron chi connectivity index (χ1n) is 12.0. The Balaban J connectivity index is 1.07. The van der Waals surface area contributed by atoms with E-state index in [1.165, 1.54) is 43.5 Å². The van der Waals surface area contributed by atoms with Crippen molar-refractivity contribution in [3.05, 3.63) is 76.4 Å². The highest BCUT2D eigenvalue weighted by molar-refractivity contribution is 5.87. The summed E-state index contributed by atoms with van der Waals surface area (Å²) in [5.74, 6) is -0.138. The van der Waals surface area contributed by atoms with Crippen molar-refractivity contribution in [2.24, 2.45) is 11.3 Å². The molecule has 0 radical (unpaired) electrons. The van der Waals surface area contributed by atoms with E-state index in [4.69, 9.17) is 5.11 Å². The Hall–Kier alpha value is -2.43. The van der Waals surface area contributed by atoms with Crippen molar-refractivity contribution in [2.45, 2.75) is 58.2 Å². The van der Waals surface area contributed by atoms with Gasteiger partial charge in [0.2, 0.25) is 0 Å². The normalized spacial score (nSPS) is 24.8. The number of carboxylic acid groups (broad SMARTS) is 1. The molecule has 2 aliphatic carbocycles. The number of hydrogen-bond acceptors (Lipinski definition) is 3. The van der Waals surface area contributed by atoms with E-state index in [2.05, 4.69) is 53.5 Å². The van der Waals surface area contributed by atoms with Crippen LogP contribution in [0.5, 0.6) is 0 Å². The summed E-state index contributed by atoms with van der Waals surface area (Å²) in [5.41, 5.74) is 6.13. The van der Waals surface area contributed by atoms with Gasteiger partial charge in [0, 0.05) is 31.7 Å². The Morgan fingerprint density at radius 3 is 2.59 bits per heavy atom. The maximum Gasteiger partial charge on any atom is 0.335 e. The molecule has 1 saturated heterocycles. The van der Waals surface area contributed by atoms with Gasteiger partial charge in [-0.3, -0.25) is 4.90 Å². The largest absolute Gasteiger partial charge is 0.478 e. The van der Waals surface area contributed by atoms with Gasteiger partial charge < -0.3 is 10.4 Å².